The van der Waals surface area contributed by atoms with Gasteiger partial charge in [0.2, 0.25) is 0 Å². The number of aromatic nitrogens is 4. The summed E-state index contributed by atoms with van der Waals surface area (Å²) in [5, 5.41) is 0. The maximum atomic E-state index is 13.5. The predicted octanol–water partition coefficient (Wildman–Crippen LogP) is 5.13. The summed E-state index contributed by atoms with van der Waals surface area (Å²) in [6.07, 6.45) is 6.57. The molecule has 0 N–H and O–H groups in total. The van der Waals surface area contributed by atoms with Crippen molar-refractivity contribution in [2.24, 2.45) is 5.92 Å². The minimum Gasteiger partial charge on any atom is -0.495 e. The quantitative estimate of drug-likeness (QED) is 0.427. The zero-order valence-corrected chi connectivity index (χ0v) is 19.3. The van der Waals surface area contributed by atoms with Gasteiger partial charge in [0.25, 0.3) is 5.56 Å². The first-order valence-corrected chi connectivity index (χ1v) is 11.2. The minimum atomic E-state index is -0.311. The highest BCUT2D eigenvalue weighted by Crippen LogP contribution is 2.34. The molecule has 0 aliphatic carbocycles. The first-order valence-electron chi connectivity index (χ1n) is 11.2. The second-order valence-corrected chi connectivity index (χ2v) is 8.75. The molecule has 0 fully saturated rings. The van der Waals surface area contributed by atoms with Gasteiger partial charge in [-0.25, -0.2) is 9.37 Å². The van der Waals surface area contributed by atoms with Gasteiger partial charge >= 0.3 is 0 Å². The highest BCUT2D eigenvalue weighted by atomic mass is 19.1. The molecule has 0 saturated carbocycles. The second-order valence-electron chi connectivity index (χ2n) is 8.75. The molecule has 0 saturated heterocycles. The maximum Gasteiger partial charge on any atom is 0.273 e. The number of nitrogens with zero attached hydrogens (tertiary/aromatic N) is 4. The topological polar surface area (TPSA) is 61.9 Å². The molecule has 0 spiro atoms. The van der Waals surface area contributed by atoms with Gasteiger partial charge in [-0.15, -0.1) is 0 Å². The van der Waals surface area contributed by atoms with Crippen molar-refractivity contribution in [1.29, 1.82) is 0 Å². The normalized spacial score (nSPS) is 16.5. The third kappa shape index (κ3) is 4.17. The fraction of sp³-hybridized carbons (Fsp3) is 0.222. The third-order valence-corrected chi connectivity index (χ3v) is 6.05. The summed E-state index contributed by atoms with van der Waals surface area (Å²) in [6, 6.07) is 13.7. The molecular formula is C27H25FN4O2. The van der Waals surface area contributed by atoms with Crippen molar-refractivity contribution in [3.63, 3.8) is 0 Å². The number of aryl methyl sites for hydroxylation is 1. The van der Waals surface area contributed by atoms with Crippen molar-refractivity contribution in [1.82, 2.24) is 19.1 Å². The van der Waals surface area contributed by atoms with Gasteiger partial charge in [-0.3, -0.25) is 4.79 Å². The lowest BCUT2D eigenvalue weighted by Gasteiger charge is -2.28. The summed E-state index contributed by atoms with van der Waals surface area (Å²) in [7, 11) is 1.65. The van der Waals surface area contributed by atoms with E-state index in [2.05, 4.69) is 27.5 Å². The SMILES string of the molecule is COc1cc(/C=C2\CC(C)Cn3c(-c4ccc(F)cc4)cc(=O)nc32)ccc1-n1cnc(C)c1. The Labute approximate surface area is 197 Å². The van der Waals surface area contributed by atoms with E-state index in [1.54, 1.807) is 25.6 Å². The lowest BCUT2D eigenvalue weighted by molar-refractivity contribution is 0.413. The molecular weight excluding hydrogens is 431 g/mol. The van der Waals surface area contributed by atoms with Crippen LogP contribution < -0.4 is 10.3 Å². The third-order valence-electron chi connectivity index (χ3n) is 6.05. The number of rotatable bonds is 4. The number of allylic oxidation sites excluding steroid dienone is 1. The molecule has 0 radical (unpaired) electrons. The van der Waals surface area contributed by atoms with Crippen molar-refractivity contribution < 1.29 is 9.13 Å². The molecule has 1 aliphatic rings. The van der Waals surface area contributed by atoms with E-state index in [-0.39, 0.29) is 11.4 Å². The Morgan fingerprint density at radius 2 is 1.94 bits per heavy atom. The molecule has 172 valence electrons. The fourth-order valence-corrected chi connectivity index (χ4v) is 4.51. The zero-order chi connectivity index (χ0) is 23.8. The van der Waals surface area contributed by atoms with Gasteiger partial charge in [-0.1, -0.05) is 13.0 Å². The molecule has 2 aromatic heterocycles. The van der Waals surface area contributed by atoms with Crippen LogP contribution >= 0.6 is 0 Å². The first-order chi connectivity index (χ1) is 16.4. The Kier molecular flexibility index (Phi) is 5.61. The van der Waals surface area contributed by atoms with Gasteiger partial charge in [-0.05, 0) is 78.4 Å². The molecule has 4 aromatic rings. The fourth-order valence-electron chi connectivity index (χ4n) is 4.51. The van der Waals surface area contributed by atoms with Crippen LogP contribution in [0.5, 0.6) is 5.75 Å². The molecule has 5 rings (SSSR count). The number of benzene rings is 2. The van der Waals surface area contributed by atoms with Crippen LogP contribution in [0.15, 0.2) is 65.8 Å². The summed E-state index contributed by atoms with van der Waals surface area (Å²) in [5.74, 6) is 1.41. The smallest absolute Gasteiger partial charge is 0.273 e. The van der Waals surface area contributed by atoms with Crippen LogP contribution in [0.1, 0.15) is 30.4 Å². The number of ether oxygens (including phenoxy) is 1. The van der Waals surface area contributed by atoms with Crippen LogP contribution in [-0.2, 0) is 6.54 Å². The van der Waals surface area contributed by atoms with Gasteiger partial charge in [-0.2, -0.15) is 4.98 Å². The molecule has 3 heterocycles. The molecule has 2 aromatic carbocycles. The molecule has 1 aliphatic heterocycles. The maximum absolute atomic E-state index is 13.5. The van der Waals surface area contributed by atoms with Crippen LogP contribution in [0.4, 0.5) is 4.39 Å². The lowest BCUT2D eigenvalue weighted by Crippen LogP contribution is -2.26. The Morgan fingerprint density at radius 3 is 2.65 bits per heavy atom. The zero-order valence-electron chi connectivity index (χ0n) is 19.3. The van der Waals surface area contributed by atoms with E-state index in [1.165, 1.54) is 18.2 Å². The predicted molar refractivity (Wildman–Crippen MR) is 130 cm³/mol. The second kappa shape index (κ2) is 8.74. The van der Waals surface area contributed by atoms with Crippen molar-refractivity contribution in [2.75, 3.05) is 7.11 Å². The first kappa shape index (κ1) is 21.8. The molecule has 34 heavy (non-hydrogen) atoms. The minimum absolute atomic E-state index is 0.309. The highest BCUT2D eigenvalue weighted by Gasteiger charge is 2.23. The summed E-state index contributed by atoms with van der Waals surface area (Å²) in [5.41, 5.74) is 4.98. The van der Waals surface area contributed by atoms with Crippen molar-refractivity contribution in [3.05, 3.63) is 94.3 Å². The highest BCUT2D eigenvalue weighted by molar-refractivity contribution is 5.81. The van der Waals surface area contributed by atoms with Crippen LogP contribution in [0.25, 0.3) is 28.6 Å². The Balaban J connectivity index is 1.60. The number of halogens is 1. The number of hydrogen-bond acceptors (Lipinski definition) is 4. The molecule has 1 atom stereocenters. The van der Waals surface area contributed by atoms with Gasteiger partial charge in [0.15, 0.2) is 0 Å². The summed E-state index contributed by atoms with van der Waals surface area (Å²) in [4.78, 5) is 21.2. The monoisotopic (exact) mass is 456 g/mol. The van der Waals surface area contributed by atoms with Gasteiger partial charge in [0, 0.05) is 18.8 Å². The van der Waals surface area contributed by atoms with Gasteiger partial charge < -0.3 is 13.9 Å². The number of imidazole rings is 1. The molecule has 0 amide bonds. The summed E-state index contributed by atoms with van der Waals surface area (Å²) >= 11 is 0. The molecule has 7 heteroatoms. The Morgan fingerprint density at radius 1 is 1.15 bits per heavy atom. The van der Waals surface area contributed by atoms with Crippen molar-refractivity contribution >= 4 is 11.6 Å². The van der Waals surface area contributed by atoms with Crippen molar-refractivity contribution in [2.45, 2.75) is 26.8 Å². The van der Waals surface area contributed by atoms with E-state index in [0.29, 0.717) is 11.7 Å². The van der Waals surface area contributed by atoms with Gasteiger partial charge in [0.05, 0.1) is 30.5 Å². The van der Waals surface area contributed by atoms with Crippen molar-refractivity contribution in [3.8, 4) is 22.7 Å². The number of hydrogen-bond donors (Lipinski definition) is 0. The van der Waals surface area contributed by atoms with E-state index < -0.39 is 0 Å². The van der Waals surface area contributed by atoms with Crippen LogP contribution in [0.3, 0.4) is 0 Å². The number of fused-ring (bicyclic) bond motifs is 1. The largest absolute Gasteiger partial charge is 0.495 e. The molecule has 6 nitrogen and oxygen atoms in total. The lowest BCUT2D eigenvalue weighted by atomic mass is 9.93. The average molecular weight is 457 g/mol. The summed E-state index contributed by atoms with van der Waals surface area (Å²) < 4.78 is 23.1. The number of methoxy groups -OCH3 is 1. The molecule has 0 bridgehead atoms. The van der Waals surface area contributed by atoms with E-state index >= 15 is 0 Å². The average Bonchev–Trinajstić information content (AvgIpc) is 3.25. The van der Waals surface area contributed by atoms with Gasteiger partial charge in [0.1, 0.15) is 17.4 Å². The van der Waals surface area contributed by atoms with Crippen LogP contribution in [0.2, 0.25) is 0 Å². The van der Waals surface area contributed by atoms with E-state index in [4.69, 9.17) is 4.74 Å². The molecule has 1 unspecified atom stereocenters. The Hall–Kier alpha value is -4.00. The van der Waals surface area contributed by atoms with E-state index in [1.807, 2.05) is 35.9 Å². The van der Waals surface area contributed by atoms with E-state index in [0.717, 1.165) is 52.5 Å². The van der Waals surface area contributed by atoms with Crippen LogP contribution in [-0.4, -0.2) is 26.2 Å². The van der Waals surface area contributed by atoms with E-state index in [9.17, 15) is 9.18 Å². The summed E-state index contributed by atoms with van der Waals surface area (Å²) in [6.45, 7) is 4.85. The standard InChI is InChI=1S/C27H25FN4O2/c1-17-10-21(11-19-4-9-23(25(12-19)34-3)31-15-18(2)29-16-31)27-30-26(33)13-24(32(27)14-17)20-5-7-22(28)8-6-20/h4-9,11-13,15-17H,10,14H2,1-3H3/b21-11+. The van der Waals surface area contributed by atoms with Crippen LogP contribution in [0, 0.1) is 18.7 Å². The Bertz CT molecular complexity index is 1450.